The van der Waals surface area contributed by atoms with Crippen molar-refractivity contribution >= 4 is 5.97 Å². The van der Waals surface area contributed by atoms with Crippen molar-refractivity contribution in [3.63, 3.8) is 0 Å². The molecule has 0 aromatic heterocycles. The average molecular weight is 553 g/mol. The molecule has 0 bridgehead atoms. The lowest BCUT2D eigenvalue weighted by atomic mass is 10.2. The highest BCUT2D eigenvalue weighted by Crippen LogP contribution is 2.08. The number of carbonyl (C=O) groups excluding carboxylic acids is 1. The van der Waals surface area contributed by atoms with E-state index in [4.69, 9.17) is 42.6 Å². The predicted octanol–water partition coefficient (Wildman–Crippen LogP) is 3.82. The van der Waals surface area contributed by atoms with Crippen molar-refractivity contribution in [3.05, 3.63) is 0 Å². The molecule has 0 saturated carbocycles. The second-order valence-corrected chi connectivity index (χ2v) is 9.65. The fourth-order valence-corrected chi connectivity index (χ4v) is 3.00. The number of hydrogen-bond donors (Lipinski definition) is 0. The molecule has 0 aromatic rings. The molecule has 0 saturated heterocycles. The van der Waals surface area contributed by atoms with Crippen molar-refractivity contribution in [1.29, 1.82) is 0 Å². The Morgan fingerprint density at radius 3 is 1.11 bits per heavy atom. The van der Waals surface area contributed by atoms with Gasteiger partial charge in [-0.05, 0) is 27.2 Å². The minimum Gasteiger partial charge on any atom is -0.460 e. The molecule has 0 aliphatic carbocycles. The maximum Gasteiger partial charge on any atom is 0.308 e. The van der Waals surface area contributed by atoms with Gasteiger partial charge in [-0.1, -0.05) is 32.6 Å². The van der Waals surface area contributed by atoms with Crippen LogP contribution in [0.3, 0.4) is 0 Å². The Balaban J connectivity index is 3.09. The number of carbonyl (C=O) groups is 1. The van der Waals surface area contributed by atoms with E-state index < -0.39 is 5.60 Å². The molecule has 38 heavy (non-hydrogen) atoms. The number of esters is 1. The van der Waals surface area contributed by atoms with E-state index in [1.807, 2.05) is 20.8 Å². The van der Waals surface area contributed by atoms with Crippen LogP contribution in [0.5, 0.6) is 0 Å². The fraction of sp³-hybridized carbons (Fsp3) is 0.964. The summed E-state index contributed by atoms with van der Waals surface area (Å²) in [5, 5.41) is 0. The molecular weight excluding hydrogens is 496 g/mol. The molecule has 228 valence electrons. The maximum atomic E-state index is 11.5. The number of hydrogen-bond acceptors (Lipinski definition) is 10. The highest BCUT2D eigenvalue weighted by atomic mass is 16.6. The maximum absolute atomic E-state index is 11.5. The second kappa shape index (κ2) is 29.1. The first-order chi connectivity index (χ1) is 18.5. The molecule has 0 radical (unpaired) electrons. The van der Waals surface area contributed by atoms with Gasteiger partial charge in [0.2, 0.25) is 0 Å². The molecule has 0 heterocycles. The van der Waals surface area contributed by atoms with E-state index in [2.05, 4.69) is 6.92 Å². The largest absolute Gasteiger partial charge is 0.460 e. The molecule has 0 aliphatic rings. The van der Waals surface area contributed by atoms with Gasteiger partial charge in [0, 0.05) is 6.61 Å². The van der Waals surface area contributed by atoms with Crippen LogP contribution in [0.15, 0.2) is 0 Å². The van der Waals surface area contributed by atoms with Crippen LogP contribution in [0.4, 0.5) is 0 Å². The molecule has 0 aliphatic heterocycles. The summed E-state index contributed by atoms with van der Waals surface area (Å²) in [5.41, 5.74) is -0.465. The predicted molar refractivity (Wildman–Crippen MR) is 146 cm³/mol. The van der Waals surface area contributed by atoms with Crippen molar-refractivity contribution in [1.82, 2.24) is 0 Å². The van der Waals surface area contributed by atoms with E-state index in [-0.39, 0.29) is 12.4 Å². The third-order valence-electron chi connectivity index (χ3n) is 4.87. The monoisotopic (exact) mass is 552 g/mol. The summed E-state index contributed by atoms with van der Waals surface area (Å²) < 4.78 is 48.8. The summed E-state index contributed by atoms with van der Waals surface area (Å²) in [5.74, 6) is -0.258. The lowest BCUT2D eigenvalue weighted by Crippen LogP contribution is -2.24. The smallest absolute Gasteiger partial charge is 0.308 e. The van der Waals surface area contributed by atoms with Crippen LogP contribution in [0.25, 0.3) is 0 Å². The van der Waals surface area contributed by atoms with Crippen LogP contribution in [0.1, 0.15) is 66.2 Å². The second-order valence-electron chi connectivity index (χ2n) is 9.65. The van der Waals surface area contributed by atoms with Gasteiger partial charge in [-0.3, -0.25) is 4.79 Å². The Bertz CT molecular complexity index is 485. The highest BCUT2D eigenvalue weighted by molar-refractivity contribution is 5.69. The SMILES string of the molecule is CCCCCCCOCCOCCOCCOCCOCCOCCOCCOCCC(=O)OC(C)(C)C. The van der Waals surface area contributed by atoms with Crippen molar-refractivity contribution in [2.24, 2.45) is 0 Å². The first-order valence-corrected chi connectivity index (χ1v) is 14.3. The molecule has 10 heteroatoms. The highest BCUT2D eigenvalue weighted by Gasteiger charge is 2.15. The summed E-state index contributed by atoms with van der Waals surface area (Å²) in [6, 6.07) is 0. The molecule has 0 spiro atoms. The Labute approximate surface area is 231 Å². The molecule has 0 unspecified atom stereocenters. The summed E-state index contributed by atoms with van der Waals surface area (Å²) in [7, 11) is 0. The zero-order chi connectivity index (χ0) is 28.0. The molecule has 0 rings (SSSR count). The van der Waals surface area contributed by atoms with Gasteiger partial charge >= 0.3 is 5.97 Å². The molecule has 0 fully saturated rings. The van der Waals surface area contributed by atoms with Crippen LogP contribution in [-0.2, 0) is 47.4 Å². The van der Waals surface area contributed by atoms with Gasteiger partial charge in [0.15, 0.2) is 0 Å². The third kappa shape index (κ3) is 33.2. The first kappa shape index (κ1) is 37.1. The fourth-order valence-electron chi connectivity index (χ4n) is 3.00. The Morgan fingerprint density at radius 2 is 0.763 bits per heavy atom. The van der Waals surface area contributed by atoms with Crippen LogP contribution in [-0.4, -0.2) is 117 Å². The van der Waals surface area contributed by atoms with Crippen molar-refractivity contribution in [2.75, 3.05) is 106 Å². The number of unbranched alkanes of at least 4 members (excludes halogenated alkanes) is 4. The lowest BCUT2D eigenvalue weighted by molar-refractivity contribution is -0.156. The van der Waals surface area contributed by atoms with Crippen LogP contribution < -0.4 is 0 Å². The van der Waals surface area contributed by atoms with Crippen molar-refractivity contribution in [2.45, 2.75) is 71.8 Å². The van der Waals surface area contributed by atoms with Gasteiger partial charge in [0.25, 0.3) is 0 Å². The van der Waals surface area contributed by atoms with E-state index in [1.165, 1.54) is 25.7 Å². The zero-order valence-corrected chi connectivity index (χ0v) is 24.6. The van der Waals surface area contributed by atoms with E-state index in [9.17, 15) is 4.79 Å². The topological polar surface area (TPSA) is 100 Å². The van der Waals surface area contributed by atoms with E-state index >= 15 is 0 Å². The molecule has 0 aromatic carbocycles. The molecule has 10 nitrogen and oxygen atoms in total. The third-order valence-corrected chi connectivity index (χ3v) is 4.87. The summed E-state index contributed by atoms with van der Waals surface area (Å²) in [6.07, 6.45) is 6.52. The van der Waals surface area contributed by atoms with Gasteiger partial charge in [-0.15, -0.1) is 0 Å². The normalized spacial score (nSPS) is 11.8. The molecular formula is C28H56O10. The van der Waals surface area contributed by atoms with Gasteiger partial charge in [0.05, 0.1) is 106 Å². The van der Waals surface area contributed by atoms with Gasteiger partial charge in [-0.2, -0.15) is 0 Å². The Morgan fingerprint density at radius 1 is 0.447 bits per heavy atom. The summed E-state index contributed by atoms with van der Waals surface area (Å²) in [6.45, 7) is 16.2. The van der Waals surface area contributed by atoms with Crippen molar-refractivity contribution in [3.8, 4) is 0 Å². The Hall–Kier alpha value is -0.850. The van der Waals surface area contributed by atoms with Crippen molar-refractivity contribution < 1.29 is 47.4 Å². The lowest BCUT2D eigenvalue weighted by Gasteiger charge is -2.19. The van der Waals surface area contributed by atoms with Crippen LogP contribution in [0.2, 0.25) is 0 Å². The van der Waals surface area contributed by atoms with Crippen LogP contribution in [0, 0.1) is 0 Å². The minimum atomic E-state index is -0.465. The molecule has 0 amide bonds. The van der Waals surface area contributed by atoms with Crippen LogP contribution >= 0.6 is 0 Å². The van der Waals surface area contributed by atoms with Gasteiger partial charge in [0.1, 0.15) is 5.60 Å². The summed E-state index contributed by atoms with van der Waals surface area (Å²) in [4.78, 5) is 11.5. The Kier molecular flexibility index (Phi) is 28.5. The first-order valence-electron chi connectivity index (χ1n) is 14.3. The van der Waals surface area contributed by atoms with E-state index in [0.29, 0.717) is 99.1 Å². The quantitative estimate of drug-likeness (QED) is 0.0966. The number of rotatable bonds is 30. The number of ether oxygens (including phenoxy) is 9. The average Bonchev–Trinajstić information content (AvgIpc) is 2.86. The minimum absolute atomic E-state index is 0.241. The standard InChI is InChI=1S/C28H56O10/c1-5-6-7-8-9-11-30-13-15-32-17-19-34-21-23-36-25-26-37-24-22-35-20-18-33-16-14-31-12-10-27(29)38-28(2,3)4/h5-26H2,1-4H3. The van der Waals surface area contributed by atoms with Gasteiger partial charge < -0.3 is 42.6 Å². The van der Waals surface area contributed by atoms with E-state index in [0.717, 1.165) is 13.0 Å². The zero-order valence-electron chi connectivity index (χ0n) is 24.6. The summed E-state index contributed by atoms with van der Waals surface area (Å²) >= 11 is 0. The van der Waals surface area contributed by atoms with Gasteiger partial charge in [-0.25, -0.2) is 0 Å². The molecule has 0 N–H and O–H groups in total. The van der Waals surface area contributed by atoms with E-state index in [1.54, 1.807) is 0 Å². The molecule has 0 atom stereocenters.